The van der Waals surface area contributed by atoms with Gasteiger partial charge in [0, 0.05) is 21.1 Å². The van der Waals surface area contributed by atoms with Crippen LogP contribution in [-0.2, 0) is 4.79 Å². The van der Waals surface area contributed by atoms with Gasteiger partial charge in [-0.2, -0.15) is 0 Å². The van der Waals surface area contributed by atoms with Crippen molar-refractivity contribution in [2.75, 3.05) is 38.3 Å². The van der Waals surface area contributed by atoms with Gasteiger partial charge in [0.05, 0.1) is 6.54 Å². The van der Waals surface area contributed by atoms with Gasteiger partial charge < -0.3 is 15.5 Å². The fraction of sp³-hybridized carbons (Fsp3) is 0.444. The van der Waals surface area contributed by atoms with Crippen LogP contribution in [-0.4, -0.2) is 48.5 Å². The predicted octanol–water partition coefficient (Wildman–Crippen LogP) is 0.237. The summed E-state index contributed by atoms with van der Waals surface area (Å²) in [6, 6.07) is 0. The van der Waals surface area contributed by atoms with Gasteiger partial charge in [-0.05, 0) is 0 Å². The van der Waals surface area contributed by atoms with Crippen LogP contribution in [0.15, 0.2) is 6.33 Å². The Morgan fingerprint density at radius 1 is 1.44 bits per heavy atom. The van der Waals surface area contributed by atoms with Crippen molar-refractivity contribution in [2.45, 2.75) is 0 Å². The lowest BCUT2D eigenvalue weighted by atomic mass is 10.4. The molecule has 0 aliphatic rings. The number of hydrogen-bond donors (Lipinski definition) is 1. The number of carbonyl (C=O) groups excluding carboxylic acids is 1. The predicted molar refractivity (Wildman–Crippen MR) is 63.4 cm³/mol. The average molecular weight is 244 g/mol. The zero-order chi connectivity index (χ0) is 12.3. The summed E-state index contributed by atoms with van der Waals surface area (Å²) >= 11 is 5.76. The Labute approximate surface area is 99.0 Å². The number of aromatic nitrogens is 2. The molecule has 0 spiro atoms. The number of carbonyl (C=O) groups is 1. The normalized spacial score (nSPS) is 10.0. The molecular weight excluding hydrogens is 230 g/mol. The molecule has 6 nitrogen and oxygen atoms in total. The number of nitrogen functional groups attached to an aromatic ring is 1. The van der Waals surface area contributed by atoms with Crippen molar-refractivity contribution in [2.24, 2.45) is 0 Å². The first-order valence-electron chi connectivity index (χ1n) is 4.60. The summed E-state index contributed by atoms with van der Waals surface area (Å²) in [4.78, 5) is 22.3. The first-order valence-corrected chi connectivity index (χ1v) is 4.98. The van der Waals surface area contributed by atoms with Gasteiger partial charge in [-0.15, -0.1) is 0 Å². The van der Waals surface area contributed by atoms with Crippen molar-refractivity contribution in [3.8, 4) is 0 Å². The highest BCUT2D eigenvalue weighted by molar-refractivity contribution is 6.32. The maximum Gasteiger partial charge on any atom is 0.241 e. The van der Waals surface area contributed by atoms with Gasteiger partial charge in [0.2, 0.25) is 5.91 Å². The number of rotatable bonds is 3. The second-order valence-corrected chi connectivity index (χ2v) is 3.90. The first kappa shape index (κ1) is 12.5. The molecule has 1 amide bonds. The molecule has 2 N–H and O–H groups in total. The molecule has 16 heavy (non-hydrogen) atoms. The lowest BCUT2D eigenvalue weighted by molar-refractivity contribution is -0.127. The zero-order valence-corrected chi connectivity index (χ0v) is 10.2. The van der Waals surface area contributed by atoms with E-state index in [2.05, 4.69) is 9.97 Å². The third-order valence-electron chi connectivity index (χ3n) is 2.05. The van der Waals surface area contributed by atoms with E-state index in [-0.39, 0.29) is 23.3 Å². The Bertz CT molecular complexity index is 395. The molecule has 1 heterocycles. The first-order chi connectivity index (χ1) is 7.43. The number of amides is 1. The molecule has 88 valence electrons. The summed E-state index contributed by atoms with van der Waals surface area (Å²) in [5.41, 5.74) is 5.99. The van der Waals surface area contributed by atoms with Crippen LogP contribution in [0.25, 0.3) is 0 Å². The fourth-order valence-electron chi connectivity index (χ4n) is 1.09. The van der Waals surface area contributed by atoms with Gasteiger partial charge in [-0.1, -0.05) is 11.6 Å². The highest BCUT2D eigenvalue weighted by Crippen LogP contribution is 2.24. The molecule has 0 fully saturated rings. The van der Waals surface area contributed by atoms with E-state index in [0.29, 0.717) is 5.82 Å². The Hall–Kier alpha value is -1.56. The van der Waals surface area contributed by atoms with E-state index in [1.165, 1.54) is 11.2 Å². The molecule has 0 aliphatic heterocycles. The Kier molecular flexibility index (Phi) is 3.89. The van der Waals surface area contributed by atoms with Crippen LogP contribution in [0.4, 0.5) is 11.5 Å². The number of nitrogens with two attached hydrogens (primary N) is 1. The third kappa shape index (κ3) is 2.73. The number of nitrogens with zero attached hydrogens (tertiary/aromatic N) is 4. The maximum atomic E-state index is 11.5. The zero-order valence-electron chi connectivity index (χ0n) is 9.44. The summed E-state index contributed by atoms with van der Waals surface area (Å²) in [6.07, 6.45) is 1.31. The standard InChI is InChI=1S/C9H14ClN5O/c1-14(2)6(16)4-15(3)9-7(11)8(10)12-5-13-9/h5H,4,11H2,1-3H3. The number of likely N-dealkylation sites (N-methyl/N-ethyl adjacent to an activating group) is 2. The van der Waals surface area contributed by atoms with Crippen molar-refractivity contribution in [3.63, 3.8) is 0 Å². The molecule has 0 unspecified atom stereocenters. The third-order valence-corrected chi connectivity index (χ3v) is 2.35. The van der Waals surface area contributed by atoms with Gasteiger partial charge in [0.15, 0.2) is 11.0 Å². The van der Waals surface area contributed by atoms with E-state index < -0.39 is 0 Å². The smallest absolute Gasteiger partial charge is 0.241 e. The number of halogens is 1. The van der Waals surface area contributed by atoms with Crippen LogP contribution >= 0.6 is 11.6 Å². The van der Waals surface area contributed by atoms with Crippen molar-refractivity contribution >= 4 is 29.0 Å². The van der Waals surface area contributed by atoms with Gasteiger partial charge in [-0.25, -0.2) is 9.97 Å². The van der Waals surface area contributed by atoms with Crippen LogP contribution in [0.1, 0.15) is 0 Å². The second kappa shape index (κ2) is 4.98. The largest absolute Gasteiger partial charge is 0.393 e. The van der Waals surface area contributed by atoms with Gasteiger partial charge in [0.25, 0.3) is 0 Å². The van der Waals surface area contributed by atoms with E-state index in [0.717, 1.165) is 0 Å². The summed E-state index contributed by atoms with van der Waals surface area (Å²) in [5.74, 6) is 0.409. The monoisotopic (exact) mass is 243 g/mol. The molecule has 0 aliphatic carbocycles. The Balaban J connectivity index is 2.85. The molecule has 0 bridgehead atoms. The van der Waals surface area contributed by atoms with E-state index in [4.69, 9.17) is 17.3 Å². The quantitative estimate of drug-likeness (QED) is 0.770. The van der Waals surface area contributed by atoms with Gasteiger partial charge >= 0.3 is 0 Å². The van der Waals surface area contributed by atoms with Crippen molar-refractivity contribution in [1.82, 2.24) is 14.9 Å². The minimum absolute atomic E-state index is 0.0448. The van der Waals surface area contributed by atoms with Crippen LogP contribution in [0.3, 0.4) is 0 Å². The lowest BCUT2D eigenvalue weighted by Gasteiger charge is -2.21. The molecule has 0 atom stereocenters. The van der Waals surface area contributed by atoms with E-state index in [9.17, 15) is 4.79 Å². The molecule has 0 saturated heterocycles. The van der Waals surface area contributed by atoms with Gasteiger partial charge in [-0.3, -0.25) is 4.79 Å². The highest BCUT2D eigenvalue weighted by Gasteiger charge is 2.14. The van der Waals surface area contributed by atoms with Crippen LogP contribution < -0.4 is 10.6 Å². The van der Waals surface area contributed by atoms with E-state index >= 15 is 0 Å². The topological polar surface area (TPSA) is 75.4 Å². The number of hydrogen-bond acceptors (Lipinski definition) is 5. The minimum Gasteiger partial charge on any atom is -0.393 e. The fourth-order valence-corrected chi connectivity index (χ4v) is 1.22. The molecule has 1 rings (SSSR count). The summed E-state index contributed by atoms with van der Waals surface area (Å²) in [7, 11) is 5.09. The van der Waals surface area contributed by atoms with Gasteiger partial charge in [0.1, 0.15) is 12.0 Å². The molecular formula is C9H14ClN5O. The molecule has 7 heteroatoms. The van der Waals surface area contributed by atoms with Crippen LogP contribution in [0.2, 0.25) is 5.15 Å². The average Bonchev–Trinajstić information content (AvgIpc) is 2.21. The summed E-state index contributed by atoms with van der Waals surface area (Å²) in [6.45, 7) is 0.185. The number of anilines is 2. The molecule has 1 aromatic rings. The molecule has 0 saturated carbocycles. The molecule has 0 aromatic carbocycles. The Morgan fingerprint density at radius 2 is 2.06 bits per heavy atom. The molecule has 1 aromatic heterocycles. The minimum atomic E-state index is -0.0448. The van der Waals surface area contributed by atoms with Crippen LogP contribution in [0, 0.1) is 0 Å². The lowest BCUT2D eigenvalue weighted by Crippen LogP contribution is -2.35. The Morgan fingerprint density at radius 3 is 2.62 bits per heavy atom. The molecule has 0 radical (unpaired) electrons. The summed E-state index contributed by atoms with van der Waals surface area (Å²) in [5, 5.41) is 0.189. The second-order valence-electron chi connectivity index (χ2n) is 3.55. The van der Waals surface area contributed by atoms with E-state index in [1.807, 2.05) is 0 Å². The SMILES string of the molecule is CN(C)C(=O)CN(C)c1ncnc(Cl)c1N. The van der Waals surface area contributed by atoms with Crippen LogP contribution in [0.5, 0.6) is 0 Å². The summed E-state index contributed by atoms with van der Waals surface area (Å²) < 4.78 is 0. The maximum absolute atomic E-state index is 11.5. The van der Waals surface area contributed by atoms with Crippen molar-refractivity contribution in [3.05, 3.63) is 11.5 Å². The highest BCUT2D eigenvalue weighted by atomic mass is 35.5. The van der Waals surface area contributed by atoms with Crippen molar-refractivity contribution < 1.29 is 4.79 Å². The van der Waals surface area contributed by atoms with E-state index in [1.54, 1.807) is 26.0 Å². The van der Waals surface area contributed by atoms with Crippen molar-refractivity contribution in [1.29, 1.82) is 0 Å².